The predicted octanol–water partition coefficient (Wildman–Crippen LogP) is 2.74. The van der Waals surface area contributed by atoms with E-state index in [0.717, 1.165) is 11.3 Å². The van der Waals surface area contributed by atoms with Gasteiger partial charge < -0.3 is 19.1 Å². The Hall–Kier alpha value is -2.69. The topological polar surface area (TPSA) is 48.0 Å². The van der Waals surface area contributed by atoms with Gasteiger partial charge in [-0.1, -0.05) is 24.3 Å². The molecule has 0 spiro atoms. The highest BCUT2D eigenvalue weighted by molar-refractivity contribution is 5.99. The predicted molar refractivity (Wildman–Crippen MR) is 86.2 cm³/mol. The second kappa shape index (κ2) is 6.60. The van der Waals surface area contributed by atoms with Gasteiger partial charge in [0.25, 0.3) is 5.91 Å². The van der Waals surface area contributed by atoms with Crippen molar-refractivity contribution in [2.75, 3.05) is 27.4 Å². The van der Waals surface area contributed by atoms with Crippen LogP contribution in [0.5, 0.6) is 17.2 Å². The zero-order chi connectivity index (χ0) is 16.2. The summed E-state index contributed by atoms with van der Waals surface area (Å²) >= 11 is 0. The molecule has 5 nitrogen and oxygen atoms in total. The molecular formula is C18H19NO4. The Kier molecular flexibility index (Phi) is 4.37. The lowest BCUT2D eigenvalue weighted by Crippen LogP contribution is -2.33. The molecule has 2 aromatic carbocycles. The number of amides is 1. The third-order valence-corrected chi connectivity index (χ3v) is 3.88. The summed E-state index contributed by atoms with van der Waals surface area (Å²) in [7, 11) is 3.10. The summed E-state index contributed by atoms with van der Waals surface area (Å²) in [5, 5.41) is 0. The number of hydrogen-bond donors (Lipinski definition) is 0. The summed E-state index contributed by atoms with van der Waals surface area (Å²) in [4.78, 5) is 14.8. The van der Waals surface area contributed by atoms with Gasteiger partial charge >= 0.3 is 0 Å². The first-order chi connectivity index (χ1) is 11.2. The first-order valence-corrected chi connectivity index (χ1v) is 7.45. The van der Waals surface area contributed by atoms with Gasteiger partial charge in [0.2, 0.25) is 0 Å². The highest BCUT2D eigenvalue weighted by Gasteiger charge is 2.26. The molecule has 3 rings (SSSR count). The van der Waals surface area contributed by atoms with Crippen molar-refractivity contribution in [3.8, 4) is 17.2 Å². The molecule has 0 fully saturated rings. The maximum absolute atomic E-state index is 13.0. The molecule has 2 aromatic rings. The second-order valence-electron chi connectivity index (χ2n) is 5.22. The van der Waals surface area contributed by atoms with Crippen molar-refractivity contribution in [3.63, 3.8) is 0 Å². The van der Waals surface area contributed by atoms with Gasteiger partial charge in [-0.2, -0.15) is 0 Å². The van der Waals surface area contributed by atoms with E-state index in [9.17, 15) is 4.79 Å². The van der Waals surface area contributed by atoms with Gasteiger partial charge in [-0.3, -0.25) is 4.79 Å². The van der Waals surface area contributed by atoms with E-state index in [-0.39, 0.29) is 5.91 Å². The lowest BCUT2D eigenvalue weighted by atomic mass is 10.1. The molecule has 0 unspecified atom stereocenters. The quantitative estimate of drug-likeness (QED) is 0.874. The van der Waals surface area contributed by atoms with Crippen LogP contribution in [0.25, 0.3) is 0 Å². The van der Waals surface area contributed by atoms with Gasteiger partial charge in [-0.25, -0.2) is 0 Å². The van der Waals surface area contributed by atoms with Gasteiger partial charge in [-0.05, 0) is 18.2 Å². The van der Waals surface area contributed by atoms with Crippen LogP contribution in [-0.2, 0) is 6.54 Å². The Morgan fingerprint density at radius 2 is 1.74 bits per heavy atom. The minimum absolute atomic E-state index is 0.125. The largest absolute Gasteiger partial charge is 0.496 e. The summed E-state index contributed by atoms with van der Waals surface area (Å²) in [6.07, 6.45) is 0. The molecule has 1 aliphatic rings. The Morgan fingerprint density at radius 1 is 1.04 bits per heavy atom. The molecule has 1 heterocycles. The van der Waals surface area contributed by atoms with Crippen LogP contribution < -0.4 is 14.2 Å². The third kappa shape index (κ3) is 2.95. The SMILES string of the molecule is COc1cccc(OC)c1C(=O)N1CCOc2ccccc2C1. The van der Waals surface area contributed by atoms with Crippen LogP contribution in [0, 0.1) is 0 Å². The van der Waals surface area contributed by atoms with Crippen molar-refractivity contribution in [1.29, 1.82) is 0 Å². The maximum atomic E-state index is 13.0. The fourth-order valence-electron chi connectivity index (χ4n) is 2.72. The molecule has 0 N–H and O–H groups in total. The molecule has 0 radical (unpaired) electrons. The zero-order valence-electron chi connectivity index (χ0n) is 13.2. The van der Waals surface area contributed by atoms with Crippen LogP contribution in [0.2, 0.25) is 0 Å². The average molecular weight is 313 g/mol. The van der Waals surface area contributed by atoms with Crippen LogP contribution in [0.15, 0.2) is 42.5 Å². The fourth-order valence-corrected chi connectivity index (χ4v) is 2.72. The van der Waals surface area contributed by atoms with E-state index in [2.05, 4.69) is 0 Å². The number of hydrogen-bond acceptors (Lipinski definition) is 4. The van der Waals surface area contributed by atoms with Crippen LogP contribution >= 0.6 is 0 Å². The number of ether oxygens (including phenoxy) is 3. The van der Waals surface area contributed by atoms with Gasteiger partial charge in [-0.15, -0.1) is 0 Å². The van der Waals surface area contributed by atoms with Gasteiger partial charge in [0.15, 0.2) is 0 Å². The molecule has 1 aliphatic heterocycles. The van der Waals surface area contributed by atoms with Crippen LogP contribution in [0.1, 0.15) is 15.9 Å². The summed E-state index contributed by atoms with van der Waals surface area (Å²) in [5.74, 6) is 1.72. The van der Waals surface area contributed by atoms with E-state index in [1.54, 1.807) is 37.3 Å². The van der Waals surface area contributed by atoms with Crippen LogP contribution in [0.3, 0.4) is 0 Å². The molecule has 120 valence electrons. The number of methoxy groups -OCH3 is 2. The van der Waals surface area contributed by atoms with E-state index in [4.69, 9.17) is 14.2 Å². The Labute approximate surface area is 135 Å². The number of para-hydroxylation sites is 1. The summed E-state index contributed by atoms with van der Waals surface area (Å²) in [6.45, 7) is 1.46. The number of carbonyl (C=O) groups is 1. The monoisotopic (exact) mass is 313 g/mol. The second-order valence-corrected chi connectivity index (χ2v) is 5.22. The summed E-state index contributed by atoms with van der Waals surface area (Å²) < 4.78 is 16.4. The maximum Gasteiger partial charge on any atom is 0.261 e. The standard InChI is InChI=1S/C18H19NO4/c1-21-15-8-5-9-16(22-2)17(15)18(20)19-10-11-23-14-7-4-3-6-13(14)12-19/h3-9H,10-12H2,1-2H3. The smallest absolute Gasteiger partial charge is 0.261 e. The molecule has 0 atom stereocenters. The van der Waals surface area contributed by atoms with Gasteiger partial charge in [0.05, 0.1) is 20.8 Å². The van der Waals surface area contributed by atoms with Crippen molar-refractivity contribution >= 4 is 5.91 Å². The van der Waals surface area contributed by atoms with Crippen molar-refractivity contribution in [2.45, 2.75) is 6.54 Å². The summed E-state index contributed by atoms with van der Waals surface area (Å²) in [5.41, 5.74) is 1.43. The van der Waals surface area contributed by atoms with E-state index < -0.39 is 0 Å². The Morgan fingerprint density at radius 3 is 2.43 bits per heavy atom. The first kappa shape index (κ1) is 15.2. The first-order valence-electron chi connectivity index (χ1n) is 7.45. The van der Waals surface area contributed by atoms with Crippen molar-refractivity contribution < 1.29 is 19.0 Å². The molecule has 23 heavy (non-hydrogen) atoms. The molecule has 0 saturated carbocycles. The van der Waals surface area contributed by atoms with Gasteiger partial charge in [0.1, 0.15) is 29.4 Å². The average Bonchev–Trinajstić information content (AvgIpc) is 2.82. The van der Waals surface area contributed by atoms with E-state index >= 15 is 0 Å². The Balaban J connectivity index is 1.95. The number of carbonyl (C=O) groups excluding carboxylic acids is 1. The molecule has 0 saturated heterocycles. The fraction of sp³-hybridized carbons (Fsp3) is 0.278. The lowest BCUT2D eigenvalue weighted by molar-refractivity contribution is 0.0726. The van der Waals surface area contributed by atoms with Crippen molar-refractivity contribution in [2.24, 2.45) is 0 Å². The van der Waals surface area contributed by atoms with Crippen LogP contribution in [-0.4, -0.2) is 38.2 Å². The highest BCUT2D eigenvalue weighted by Crippen LogP contribution is 2.31. The lowest BCUT2D eigenvalue weighted by Gasteiger charge is -2.22. The van der Waals surface area contributed by atoms with Crippen LogP contribution in [0.4, 0.5) is 0 Å². The third-order valence-electron chi connectivity index (χ3n) is 3.88. The minimum atomic E-state index is -0.125. The molecule has 0 aromatic heterocycles. The number of rotatable bonds is 3. The minimum Gasteiger partial charge on any atom is -0.496 e. The molecule has 0 aliphatic carbocycles. The van der Waals surface area contributed by atoms with Crippen molar-refractivity contribution in [3.05, 3.63) is 53.6 Å². The van der Waals surface area contributed by atoms with Crippen molar-refractivity contribution in [1.82, 2.24) is 4.90 Å². The van der Waals surface area contributed by atoms with Gasteiger partial charge in [0, 0.05) is 12.1 Å². The van der Waals surface area contributed by atoms with E-state index in [1.807, 2.05) is 24.3 Å². The summed E-state index contributed by atoms with van der Waals surface area (Å²) in [6, 6.07) is 13.1. The zero-order valence-corrected chi connectivity index (χ0v) is 13.2. The number of nitrogens with zero attached hydrogens (tertiary/aromatic N) is 1. The number of fused-ring (bicyclic) bond motifs is 1. The normalized spacial score (nSPS) is 13.6. The highest BCUT2D eigenvalue weighted by atomic mass is 16.5. The van der Waals surface area contributed by atoms with E-state index in [0.29, 0.717) is 36.8 Å². The molecule has 5 heteroatoms. The molecule has 0 bridgehead atoms. The molecular weight excluding hydrogens is 294 g/mol. The Bertz CT molecular complexity index is 692. The molecule has 1 amide bonds. The van der Waals surface area contributed by atoms with E-state index in [1.165, 1.54) is 0 Å². The number of benzene rings is 2.